The van der Waals surface area contributed by atoms with Gasteiger partial charge in [0.25, 0.3) is 0 Å². The highest BCUT2D eigenvalue weighted by Gasteiger charge is 2.34. The first-order valence-corrected chi connectivity index (χ1v) is 15.5. The maximum Gasteiger partial charge on any atom is 0.163 e. The molecule has 3 aromatic carbocycles. The Balaban J connectivity index is 0.000000358. The van der Waals surface area contributed by atoms with Crippen molar-refractivity contribution in [2.75, 3.05) is 0 Å². The lowest BCUT2D eigenvalue weighted by Crippen LogP contribution is -2.23. The number of carbonyl (C=O) groups is 7. The zero-order valence-electron chi connectivity index (χ0n) is 29.4. The van der Waals surface area contributed by atoms with Crippen molar-refractivity contribution in [2.45, 2.75) is 67.7 Å². The molecule has 1 aliphatic rings. The second kappa shape index (κ2) is 21.3. The molecular weight excluding hydrogens is 620 g/mol. The van der Waals surface area contributed by atoms with Crippen molar-refractivity contribution in [3.8, 4) is 0 Å². The molecule has 0 saturated carbocycles. The zero-order valence-corrected chi connectivity index (χ0v) is 29.4. The molecule has 0 N–H and O–H groups in total. The fourth-order valence-electron chi connectivity index (χ4n) is 4.82. The van der Waals surface area contributed by atoms with Gasteiger partial charge in [-0.3, -0.25) is 33.6 Å². The molecule has 3 aromatic rings. The summed E-state index contributed by atoms with van der Waals surface area (Å²) in [6, 6.07) is 28.0. The van der Waals surface area contributed by atoms with Crippen LogP contribution < -0.4 is 0 Å². The summed E-state index contributed by atoms with van der Waals surface area (Å²) in [4.78, 5) is 76.3. The topological polar surface area (TPSA) is 129 Å². The van der Waals surface area contributed by atoms with Crippen molar-refractivity contribution >= 4 is 47.1 Å². The van der Waals surface area contributed by atoms with E-state index in [2.05, 4.69) is 0 Å². The third kappa shape index (κ3) is 14.8. The van der Waals surface area contributed by atoms with Crippen LogP contribution in [0.2, 0.25) is 0 Å². The SMILES string of the molecule is CC(=O)C(=Cc1ccccc1)C(C)=O.CC(=O)C1=C(C)OC(C)=C(C(C)=O)C1c1ccccc1.CC(=O)CC(C)=O.O=Cc1ccccc1. The monoisotopic (exact) mass is 664 g/mol. The molecule has 0 fully saturated rings. The number of hydrogen-bond acceptors (Lipinski definition) is 8. The van der Waals surface area contributed by atoms with Crippen LogP contribution in [0.3, 0.4) is 0 Å². The van der Waals surface area contributed by atoms with Crippen LogP contribution in [0.5, 0.6) is 0 Å². The van der Waals surface area contributed by atoms with E-state index in [1.54, 1.807) is 32.1 Å². The van der Waals surface area contributed by atoms with Gasteiger partial charge in [-0.15, -0.1) is 0 Å². The molecule has 256 valence electrons. The second-order valence-electron chi connectivity index (χ2n) is 11.2. The normalized spacial score (nSPS) is 11.8. The Kier molecular flexibility index (Phi) is 18.0. The quantitative estimate of drug-likeness (QED) is 0.0980. The molecule has 0 bridgehead atoms. The Bertz CT molecular complexity index is 1660. The van der Waals surface area contributed by atoms with Crippen LogP contribution in [0.15, 0.2) is 119 Å². The van der Waals surface area contributed by atoms with Crippen LogP contribution >= 0.6 is 0 Å². The van der Waals surface area contributed by atoms with Gasteiger partial charge in [0, 0.05) is 22.6 Å². The van der Waals surface area contributed by atoms with E-state index < -0.39 is 0 Å². The molecule has 0 amide bonds. The van der Waals surface area contributed by atoms with Crippen molar-refractivity contribution in [2.24, 2.45) is 0 Å². The molecule has 8 nitrogen and oxygen atoms in total. The first kappa shape index (κ1) is 41.4. The van der Waals surface area contributed by atoms with Crippen LogP contribution in [0.1, 0.15) is 89.2 Å². The number of aldehydes is 1. The van der Waals surface area contributed by atoms with Gasteiger partial charge in [-0.1, -0.05) is 91.0 Å². The molecule has 0 saturated heterocycles. The predicted octanol–water partition coefficient (Wildman–Crippen LogP) is 7.83. The summed E-state index contributed by atoms with van der Waals surface area (Å²) in [6.45, 7) is 12.2. The van der Waals surface area contributed by atoms with E-state index in [0.29, 0.717) is 22.7 Å². The number of Topliss-reactive ketones (excluding diaryl/α,β-unsaturated/α-hetero) is 6. The van der Waals surface area contributed by atoms with Gasteiger partial charge >= 0.3 is 0 Å². The molecule has 8 heteroatoms. The summed E-state index contributed by atoms with van der Waals surface area (Å²) >= 11 is 0. The summed E-state index contributed by atoms with van der Waals surface area (Å²) in [5.41, 5.74) is 3.90. The Morgan fingerprint density at radius 1 is 0.571 bits per heavy atom. The van der Waals surface area contributed by atoms with Gasteiger partial charge in [0.05, 0.1) is 12.0 Å². The van der Waals surface area contributed by atoms with E-state index >= 15 is 0 Å². The van der Waals surface area contributed by atoms with Gasteiger partial charge in [-0.2, -0.15) is 0 Å². The third-order valence-corrected chi connectivity index (χ3v) is 6.84. The Morgan fingerprint density at radius 3 is 1.22 bits per heavy atom. The molecule has 0 atom stereocenters. The number of benzene rings is 3. The molecule has 0 aromatic heterocycles. The number of hydrogen-bond donors (Lipinski definition) is 0. The summed E-state index contributed by atoms with van der Waals surface area (Å²) in [5.74, 6) is 0.176. The summed E-state index contributed by atoms with van der Waals surface area (Å²) in [7, 11) is 0. The van der Waals surface area contributed by atoms with Crippen molar-refractivity contribution in [1.82, 2.24) is 0 Å². The fraction of sp³-hybridized carbons (Fsp3) is 0.244. The van der Waals surface area contributed by atoms with Crippen LogP contribution in [0.4, 0.5) is 0 Å². The van der Waals surface area contributed by atoms with Crippen molar-refractivity contribution < 1.29 is 38.3 Å². The number of rotatable bonds is 9. The van der Waals surface area contributed by atoms with Crippen LogP contribution in [-0.4, -0.2) is 41.0 Å². The minimum absolute atomic E-state index is 0.0625. The number of allylic oxidation sites excluding steroid dienone is 5. The van der Waals surface area contributed by atoms with Gasteiger partial charge in [-0.25, -0.2) is 0 Å². The minimum atomic E-state index is -0.333. The Labute approximate surface area is 288 Å². The minimum Gasteiger partial charge on any atom is -0.466 e. The van der Waals surface area contributed by atoms with Crippen molar-refractivity contribution in [3.63, 3.8) is 0 Å². The van der Waals surface area contributed by atoms with Gasteiger partial charge < -0.3 is 4.74 Å². The zero-order chi connectivity index (χ0) is 37.1. The molecule has 0 unspecified atom stereocenters. The number of ether oxygens (including phenoxy) is 1. The Hall–Kier alpha value is -5.63. The van der Waals surface area contributed by atoms with Crippen molar-refractivity contribution in [1.29, 1.82) is 0 Å². The number of carbonyl (C=O) groups excluding carboxylic acids is 7. The van der Waals surface area contributed by atoms with E-state index in [9.17, 15) is 33.6 Å². The molecular formula is C41H44O8. The van der Waals surface area contributed by atoms with Crippen LogP contribution in [-0.2, 0) is 33.5 Å². The lowest BCUT2D eigenvalue weighted by atomic mass is 9.79. The number of ketones is 6. The second-order valence-corrected chi connectivity index (χ2v) is 11.2. The standard InChI is InChI=1S/C17H18O3.C12H12O2.C7H6O.C5H8O2/c1-10(18)15-12(3)20-13(4)16(11(2)19)17(15)14-8-6-5-7-9-14;1-9(13)12(10(2)14)8-11-6-4-3-5-7-11;8-6-7-4-2-1-3-5-7;1-4(6)3-5(2)7/h5-9,17H,1-4H3;3-8H,1-2H3;1-6H;3H2,1-2H3. The predicted molar refractivity (Wildman–Crippen MR) is 191 cm³/mol. The van der Waals surface area contributed by atoms with E-state index in [0.717, 1.165) is 23.0 Å². The fourth-order valence-corrected chi connectivity index (χ4v) is 4.82. The first-order chi connectivity index (χ1) is 23.1. The molecule has 0 spiro atoms. The molecule has 49 heavy (non-hydrogen) atoms. The Morgan fingerprint density at radius 2 is 0.939 bits per heavy atom. The van der Waals surface area contributed by atoms with Crippen molar-refractivity contribution in [3.05, 3.63) is 136 Å². The molecule has 0 radical (unpaired) electrons. The van der Waals surface area contributed by atoms with Gasteiger partial charge in [0.15, 0.2) is 23.1 Å². The summed E-state index contributed by atoms with van der Waals surface area (Å²) in [6.07, 6.45) is 2.53. The largest absolute Gasteiger partial charge is 0.466 e. The summed E-state index contributed by atoms with van der Waals surface area (Å²) in [5, 5.41) is 0. The van der Waals surface area contributed by atoms with E-state index in [-0.39, 0.29) is 52.6 Å². The van der Waals surface area contributed by atoms with Crippen LogP contribution in [0, 0.1) is 0 Å². The summed E-state index contributed by atoms with van der Waals surface area (Å²) < 4.78 is 5.60. The molecule has 0 aliphatic carbocycles. The maximum absolute atomic E-state index is 12.0. The average Bonchev–Trinajstić information content (AvgIpc) is 3.04. The van der Waals surface area contributed by atoms with Gasteiger partial charge in [-0.05, 0) is 72.6 Å². The molecule has 1 heterocycles. The highest BCUT2D eigenvalue weighted by atomic mass is 16.5. The highest BCUT2D eigenvalue weighted by molar-refractivity contribution is 6.21. The molecule has 1 aliphatic heterocycles. The lowest BCUT2D eigenvalue weighted by Gasteiger charge is -2.29. The maximum atomic E-state index is 12.0. The van der Waals surface area contributed by atoms with E-state index in [1.165, 1.54) is 41.5 Å². The van der Waals surface area contributed by atoms with Gasteiger partial charge in [0.1, 0.15) is 29.4 Å². The molecule has 4 rings (SSSR count). The first-order valence-electron chi connectivity index (χ1n) is 15.5. The third-order valence-electron chi connectivity index (χ3n) is 6.84. The highest BCUT2D eigenvalue weighted by Crippen LogP contribution is 2.40. The van der Waals surface area contributed by atoms with Gasteiger partial charge in [0.2, 0.25) is 0 Å². The smallest absolute Gasteiger partial charge is 0.163 e. The van der Waals surface area contributed by atoms with Crippen LogP contribution in [0.25, 0.3) is 6.08 Å². The lowest BCUT2D eigenvalue weighted by molar-refractivity contribution is -0.125. The average molecular weight is 665 g/mol. The van der Waals surface area contributed by atoms with E-state index in [1.807, 2.05) is 78.9 Å². The van der Waals surface area contributed by atoms with E-state index in [4.69, 9.17) is 4.74 Å².